The molecule has 48 valence electrons. The quantitative estimate of drug-likeness (QED) is 0.582. The van der Waals surface area contributed by atoms with Gasteiger partial charge in [0.25, 0.3) is 0 Å². The summed E-state index contributed by atoms with van der Waals surface area (Å²) in [6.45, 7) is 0. The van der Waals surface area contributed by atoms with Gasteiger partial charge in [-0.2, -0.15) is 0 Å². The molecule has 0 aliphatic rings. The second kappa shape index (κ2) is 2.78. The van der Waals surface area contributed by atoms with Gasteiger partial charge in [-0.1, -0.05) is 0 Å². The van der Waals surface area contributed by atoms with Gasteiger partial charge in [0.15, 0.2) is 4.73 Å². The van der Waals surface area contributed by atoms with E-state index in [1.165, 1.54) is 0 Å². The van der Waals surface area contributed by atoms with E-state index in [-0.39, 0.29) is 0 Å². The summed E-state index contributed by atoms with van der Waals surface area (Å²) in [6, 6.07) is 0. The van der Waals surface area contributed by atoms with Gasteiger partial charge >= 0.3 is 0 Å². The number of nitrogen functional groups attached to an aromatic ring is 1. The van der Waals surface area contributed by atoms with Crippen molar-refractivity contribution in [2.45, 2.75) is 0 Å². The first-order valence-corrected chi connectivity index (χ1v) is 4.01. The Morgan fingerprint density at radius 2 is 2.33 bits per heavy atom. The van der Waals surface area contributed by atoms with Gasteiger partial charge < -0.3 is 5.73 Å². The van der Waals surface area contributed by atoms with Gasteiger partial charge in [-0.15, -0.1) is 0 Å². The van der Waals surface area contributed by atoms with Crippen LogP contribution in [-0.4, -0.2) is 9.97 Å². The molecule has 1 rings (SSSR count). The number of aromatic nitrogens is 2. The SMILES string of the molecule is Nc1nc(Br)ncc1I. The summed E-state index contributed by atoms with van der Waals surface area (Å²) < 4.78 is 1.40. The first-order chi connectivity index (χ1) is 4.20. The molecule has 9 heavy (non-hydrogen) atoms. The van der Waals surface area contributed by atoms with Crippen LogP contribution in [0.2, 0.25) is 0 Å². The molecule has 0 saturated heterocycles. The second-order valence-electron chi connectivity index (χ2n) is 1.37. The Balaban J connectivity index is 3.17. The van der Waals surface area contributed by atoms with E-state index < -0.39 is 0 Å². The van der Waals surface area contributed by atoms with Crippen LogP contribution in [0.4, 0.5) is 5.82 Å². The second-order valence-corrected chi connectivity index (χ2v) is 3.24. The van der Waals surface area contributed by atoms with Crippen molar-refractivity contribution in [1.29, 1.82) is 0 Å². The number of hydrogen-bond donors (Lipinski definition) is 1. The van der Waals surface area contributed by atoms with E-state index in [9.17, 15) is 0 Å². The van der Waals surface area contributed by atoms with Gasteiger partial charge in [0, 0.05) is 6.20 Å². The van der Waals surface area contributed by atoms with Crippen molar-refractivity contribution in [3.8, 4) is 0 Å². The smallest absolute Gasteiger partial charge is 0.198 e. The molecule has 0 spiro atoms. The lowest BCUT2D eigenvalue weighted by Crippen LogP contribution is -1.95. The zero-order valence-corrected chi connectivity index (χ0v) is 8.05. The highest BCUT2D eigenvalue weighted by atomic mass is 127. The zero-order chi connectivity index (χ0) is 6.85. The van der Waals surface area contributed by atoms with Gasteiger partial charge in [-0.05, 0) is 38.5 Å². The third-order valence-electron chi connectivity index (χ3n) is 0.742. The lowest BCUT2D eigenvalue weighted by molar-refractivity contribution is 1.11. The lowest BCUT2D eigenvalue weighted by Gasteiger charge is -1.93. The summed E-state index contributed by atoms with van der Waals surface area (Å²) in [4.78, 5) is 7.71. The molecule has 0 aliphatic heterocycles. The summed E-state index contributed by atoms with van der Waals surface area (Å²) >= 11 is 5.16. The number of halogens is 2. The monoisotopic (exact) mass is 299 g/mol. The molecule has 0 atom stereocenters. The molecule has 0 amide bonds. The topological polar surface area (TPSA) is 51.8 Å². The fourth-order valence-electron chi connectivity index (χ4n) is 0.358. The van der Waals surface area contributed by atoms with Gasteiger partial charge in [-0.3, -0.25) is 0 Å². The maximum atomic E-state index is 5.43. The molecule has 1 heterocycles. The van der Waals surface area contributed by atoms with Crippen molar-refractivity contribution in [1.82, 2.24) is 9.97 Å². The minimum Gasteiger partial charge on any atom is -0.383 e. The Labute approximate surface area is 74.3 Å². The number of rotatable bonds is 0. The Morgan fingerprint density at radius 3 is 2.78 bits per heavy atom. The summed E-state index contributed by atoms with van der Waals surface area (Å²) in [5, 5.41) is 0. The number of hydrogen-bond acceptors (Lipinski definition) is 3. The maximum absolute atomic E-state index is 5.43. The van der Waals surface area contributed by atoms with Crippen LogP contribution in [0.3, 0.4) is 0 Å². The number of anilines is 1. The zero-order valence-electron chi connectivity index (χ0n) is 4.31. The number of nitrogens with two attached hydrogens (primary N) is 1. The van der Waals surface area contributed by atoms with Crippen molar-refractivity contribution in [3.05, 3.63) is 14.5 Å². The fourth-order valence-corrected chi connectivity index (χ4v) is 0.911. The van der Waals surface area contributed by atoms with Gasteiger partial charge in [0.2, 0.25) is 0 Å². The highest BCUT2D eigenvalue weighted by Crippen LogP contribution is 2.11. The summed E-state index contributed by atoms with van der Waals surface area (Å²) in [5.41, 5.74) is 5.43. The predicted octanol–water partition coefficient (Wildman–Crippen LogP) is 1.43. The molecular weight excluding hydrogens is 297 g/mol. The van der Waals surface area contributed by atoms with Crippen LogP contribution in [0.15, 0.2) is 10.9 Å². The minimum atomic E-state index is 0.512. The van der Waals surface area contributed by atoms with Crippen LogP contribution in [0, 0.1) is 3.57 Å². The Morgan fingerprint density at radius 1 is 1.67 bits per heavy atom. The van der Waals surface area contributed by atoms with E-state index >= 15 is 0 Å². The minimum absolute atomic E-state index is 0.512. The van der Waals surface area contributed by atoms with Crippen molar-refractivity contribution >= 4 is 44.3 Å². The van der Waals surface area contributed by atoms with E-state index in [1.54, 1.807) is 6.20 Å². The molecule has 2 N–H and O–H groups in total. The number of nitrogens with zero attached hydrogens (tertiary/aromatic N) is 2. The van der Waals surface area contributed by atoms with E-state index in [1.807, 2.05) is 0 Å². The molecule has 0 aromatic carbocycles. The predicted molar refractivity (Wildman–Crippen MR) is 46.9 cm³/mol. The molecule has 5 heteroatoms. The van der Waals surface area contributed by atoms with Crippen LogP contribution in [-0.2, 0) is 0 Å². The molecule has 0 radical (unpaired) electrons. The molecule has 0 saturated carbocycles. The van der Waals surface area contributed by atoms with Crippen LogP contribution in [0.5, 0.6) is 0 Å². The Bertz CT molecular complexity index is 227. The van der Waals surface area contributed by atoms with Crippen molar-refractivity contribution in [3.63, 3.8) is 0 Å². The summed E-state index contributed by atoms with van der Waals surface area (Å²) in [6.07, 6.45) is 1.66. The molecule has 0 unspecified atom stereocenters. The highest BCUT2D eigenvalue weighted by Gasteiger charge is 1.95. The Kier molecular flexibility index (Phi) is 2.23. The van der Waals surface area contributed by atoms with Gasteiger partial charge in [0.1, 0.15) is 5.82 Å². The van der Waals surface area contributed by atoms with E-state index in [0.717, 1.165) is 3.57 Å². The standard InChI is InChI=1S/C4H3BrIN3/c5-4-8-1-2(6)3(7)9-4/h1H,(H2,7,8,9). The maximum Gasteiger partial charge on any atom is 0.198 e. The van der Waals surface area contributed by atoms with Crippen LogP contribution in [0.1, 0.15) is 0 Å². The third-order valence-corrected chi connectivity index (χ3v) is 1.96. The fraction of sp³-hybridized carbons (Fsp3) is 0. The van der Waals surface area contributed by atoms with Crippen molar-refractivity contribution in [2.24, 2.45) is 0 Å². The molecule has 1 aromatic heterocycles. The molecule has 0 fully saturated rings. The normalized spacial score (nSPS) is 9.56. The van der Waals surface area contributed by atoms with Crippen molar-refractivity contribution in [2.75, 3.05) is 5.73 Å². The Hall–Kier alpha value is 0.0900. The third kappa shape index (κ3) is 1.75. The molecule has 3 nitrogen and oxygen atoms in total. The highest BCUT2D eigenvalue weighted by molar-refractivity contribution is 14.1. The average molecular weight is 300 g/mol. The molecule has 1 aromatic rings. The average Bonchev–Trinajstić information content (AvgIpc) is 1.80. The van der Waals surface area contributed by atoms with E-state index in [0.29, 0.717) is 10.6 Å². The summed E-state index contributed by atoms with van der Waals surface area (Å²) in [7, 11) is 0. The molecular formula is C4H3BrIN3. The first kappa shape index (κ1) is 7.20. The van der Waals surface area contributed by atoms with E-state index in [4.69, 9.17) is 5.73 Å². The van der Waals surface area contributed by atoms with E-state index in [2.05, 4.69) is 48.5 Å². The van der Waals surface area contributed by atoms with Crippen LogP contribution < -0.4 is 5.73 Å². The van der Waals surface area contributed by atoms with Crippen LogP contribution >= 0.6 is 38.5 Å². The molecule has 0 bridgehead atoms. The summed E-state index contributed by atoms with van der Waals surface area (Å²) in [5.74, 6) is 0.512. The van der Waals surface area contributed by atoms with Gasteiger partial charge in [0.05, 0.1) is 3.57 Å². The largest absolute Gasteiger partial charge is 0.383 e. The lowest BCUT2D eigenvalue weighted by atomic mass is 10.6. The van der Waals surface area contributed by atoms with Crippen LogP contribution in [0.25, 0.3) is 0 Å². The first-order valence-electron chi connectivity index (χ1n) is 2.13. The van der Waals surface area contributed by atoms with Gasteiger partial charge in [-0.25, -0.2) is 9.97 Å². The molecule has 0 aliphatic carbocycles. The van der Waals surface area contributed by atoms with Crippen molar-refractivity contribution < 1.29 is 0 Å².